The average Bonchev–Trinajstić information content (AvgIpc) is 3.31. The molecule has 0 bridgehead atoms. The summed E-state index contributed by atoms with van der Waals surface area (Å²) in [4.78, 5) is 39.9. The number of carbonyl (C=O) groups is 3. The third kappa shape index (κ3) is 5.25. The first-order valence-electron chi connectivity index (χ1n) is 11.3. The maximum atomic E-state index is 13.1. The topological polar surface area (TPSA) is 106 Å². The number of anilines is 3. The molecule has 1 aliphatic rings. The molecular formula is C27H27N3O6. The summed E-state index contributed by atoms with van der Waals surface area (Å²) >= 11 is 0. The van der Waals surface area contributed by atoms with Crippen molar-refractivity contribution in [3.63, 3.8) is 0 Å². The number of benzene rings is 3. The largest absolute Gasteiger partial charge is 0.497 e. The van der Waals surface area contributed by atoms with Gasteiger partial charge in [0.1, 0.15) is 17.2 Å². The molecule has 1 saturated heterocycles. The second-order valence-electron chi connectivity index (χ2n) is 8.17. The molecule has 3 aromatic carbocycles. The number of hydrogen-bond donors (Lipinski definition) is 2. The lowest BCUT2D eigenvalue weighted by Gasteiger charge is -2.19. The summed E-state index contributed by atoms with van der Waals surface area (Å²) in [5, 5.41) is 5.65. The molecule has 1 heterocycles. The Hall–Kier alpha value is -4.53. The molecule has 4 rings (SSSR count). The van der Waals surface area contributed by atoms with E-state index in [9.17, 15) is 14.4 Å². The molecule has 0 spiro atoms. The van der Waals surface area contributed by atoms with E-state index >= 15 is 0 Å². The van der Waals surface area contributed by atoms with Gasteiger partial charge in [-0.25, -0.2) is 0 Å². The van der Waals surface area contributed by atoms with Gasteiger partial charge in [0.15, 0.2) is 0 Å². The number of carbonyl (C=O) groups excluding carboxylic acids is 3. The SMILES string of the molecule is COc1cccc(N2CC(C(=O)Nc3cc(OC)c(NC(=O)c4ccccc4)cc3OC)CC2=O)c1. The van der Waals surface area contributed by atoms with Crippen LogP contribution in [-0.4, -0.2) is 45.6 Å². The standard InChI is InChI=1S/C27H27N3O6/c1-34-20-11-7-10-19(13-20)30-16-18(12-25(30)31)27(33)29-22-15-23(35-2)21(14-24(22)36-3)28-26(32)17-8-5-4-6-9-17/h4-11,13-15,18H,12,16H2,1-3H3,(H,28,32)(H,29,33). The first-order valence-corrected chi connectivity index (χ1v) is 11.3. The third-order valence-electron chi connectivity index (χ3n) is 5.92. The van der Waals surface area contributed by atoms with Crippen molar-refractivity contribution >= 4 is 34.8 Å². The van der Waals surface area contributed by atoms with Crippen LogP contribution in [0, 0.1) is 5.92 Å². The van der Waals surface area contributed by atoms with Gasteiger partial charge in [0.2, 0.25) is 11.8 Å². The smallest absolute Gasteiger partial charge is 0.255 e. The quantitative estimate of drug-likeness (QED) is 0.496. The molecule has 36 heavy (non-hydrogen) atoms. The Bertz CT molecular complexity index is 1280. The fourth-order valence-electron chi connectivity index (χ4n) is 4.02. The molecule has 0 aliphatic carbocycles. The molecule has 0 radical (unpaired) electrons. The molecule has 2 N–H and O–H groups in total. The highest BCUT2D eigenvalue weighted by atomic mass is 16.5. The molecule has 9 nitrogen and oxygen atoms in total. The highest BCUT2D eigenvalue weighted by molar-refractivity contribution is 6.06. The predicted molar refractivity (Wildman–Crippen MR) is 136 cm³/mol. The second-order valence-corrected chi connectivity index (χ2v) is 8.17. The Morgan fingerprint density at radius 1 is 0.833 bits per heavy atom. The molecule has 1 aliphatic heterocycles. The van der Waals surface area contributed by atoms with Crippen molar-refractivity contribution in [2.45, 2.75) is 6.42 Å². The zero-order chi connectivity index (χ0) is 25.7. The van der Waals surface area contributed by atoms with E-state index in [4.69, 9.17) is 14.2 Å². The molecular weight excluding hydrogens is 462 g/mol. The van der Waals surface area contributed by atoms with Gasteiger partial charge >= 0.3 is 0 Å². The molecule has 1 fully saturated rings. The first kappa shape index (κ1) is 24.6. The van der Waals surface area contributed by atoms with Gasteiger partial charge < -0.3 is 29.7 Å². The summed E-state index contributed by atoms with van der Waals surface area (Å²) in [6.07, 6.45) is 0.0771. The van der Waals surface area contributed by atoms with Crippen LogP contribution < -0.4 is 29.7 Å². The minimum Gasteiger partial charge on any atom is -0.497 e. The Morgan fingerprint density at radius 3 is 2.14 bits per heavy atom. The molecule has 186 valence electrons. The molecule has 0 saturated carbocycles. The summed E-state index contributed by atoms with van der Waals surface area (Å²) in [5.41, 5.74) is 1.92. The highest BCUT2D eigenvalue weighted by Gasteiger charge is 2.35. The van der Waals surface area contributed by atoms with E-state index in [0.717, 1.165) is 0 Å². The predicted octanol–water partition coefficient (Wildman–Crippen LogP) is 3.96. The molecule has 1 unspecified atom stereocenters. The average molecular weight is 490 g/mol. The van der Waals surface area contributed by atoms with E-state index < -0.39 is 5.92 Å². The summed E-state index contributed by atoms with van der Waals surface area (Å²) in [5.74, 6) is -0.0318. The van der Waals surface area contributed by atoms with Crippen LogP contribution in [0.3, 0.4) is 0 Å². The van der Waals surface area contributed by atoms with Gasteiger partial charge in [-0.3, -0.25) is 14.4 Å². The fourth-order valence-corrected chi connectivity index (χ4v) is 4.02. The second kappa shape index (κ2) is 10.8. The normalized spacial score (nSPS) is 14.8. The van der Waals surface area contributed by atoms with E-state index in [-0.39, 0.29) is 30.7 Å². The number of methoxy groups -OCH3 is 3. The monoisotopic (exact) mass is 489 g/mol. The van der Waals surface area contributed by atoms with Crippen LogP contribution in [0.1, 0.15) is 16.8 Å². The number of hydrogen-bond acceptors (Lipinski definition) is 6. The number of rotatable bonds is 8. The van der Waals surface area contributed by atoms with Crippen molar-refractivity contribution in [3.05, 3.63) is 72.3 Å². The van der Waals surface area contributed by atoms with Crippen molar-refractivity contribution in [2.75, 3.05) is 43.4 Å². The molecule has 0 aromatic heterocycles. The Balaban J connectivity index is 1.50. The van der Waals surface area contributed by atoms with Crippen LogP contribution in [0.25, 0.3) is 0 Å². The molecule has 1 atom stereocenters. The van der Waals surface area contributed by atoms with Gasteiger partial charge in [-0.2, -0.15) is 0 Å². The van der Waals surface area contributed by atoms with E-state index in [1.165, 1.54) is 14.2 Å². The Labute approximate surface area is 209 Å². The molecule has 3 amide bonds. The van der Waals surface area contributed by atoms with E-state index in [2.05, 4.69) is 10.6 Å². The van der Waals surface area contributed by atoms with Gasteiger partial charge in [0.25, 0.3) is 5.91 Å². The summed E-state index contributed by atoms with van der Waals surface area (Å²) in [6.45, 7) is 0.239. The lowest BCUT2D eigenvalue weighted by atomic mass is 10.1. The van der Waals surface area contributed by atoms with E-state index in [1.54, 1.807) is 72.7 Å². The zero-order valence-corrected chi connectivity index (χ0v) is 20.2. The van der Waals surface area contributed by atoms with Crippen molar-refractivity contribution in [1.82, 2.24) is 0 Å². The summed E-state index contributed by atoms with van der Waals surface area (Å²) < 4.78 is 16.1. The zero-order valence-electron chi connectivity index (χ0n) is 20.2. The number of nitrogens with zero attached hydrogens (tertiary/aromatic N) is 1. The van der Waals surface area contributed by atoms with Crippen LogP contribution in [0.5, 0.6) is 17.2 Å². The third-order valence-corrected chi connectivity index (χ3v) is 5.92. The van der Waals surface area contributed by atoms with Crippen molar-refractivity contribution in [3.8, 4) is 17.2 Å². The van der Waals surface area contributed by atoms with Crippen LogP contribution >= 0.6 is 0 Å². The number of nitrogens with one attached hydrogen (secondary N) is 2. The van der Waals surface area contributed by atoms with Crippen LogP contribution in [0.4, 0.5) is 17.1 Å². The van der Waals surface area contributed by atoms with Crippen molar-refractivity contribution in [2.24, 2.45) is 5.92 Å². The van der Waals surface area contributed by atoms with Gasteiger partial charge in [-0.15, -0.1) is 0 Å². The fraction of sp³-hybridized carbons (Fsp3) is 0.222. The first-order chi connectivity index (χ1) is 17.4. The molecule has 3 aromatic rings. The Morgan fingerprint density at radius 2 is 1.50 bits per heavy atom. The lowest BCUT2D eigenvalue weighted by Crippen LogP contribution is -2.28. The van der Waals surface area contributed by atoms with Crippen LogP contribution in [0.2, 0.25) is 0 Å². The van der Waals surface area contributed by atoms with E-state index in [1.807, 2.05) is 6.07 Å². The Kier molecular flexibility index (Phi) is 7.39. The van der Waals surface area contributed by atoms with Crippen molar-refractivity contribution in [1.29, 1.82) is 0 Å². The van der Waals surface area contributed by atoms with Crippen LogP contribution in [-0.2, 0) is 9.59 Å². The lowest BCUT2D eigenvalue weighted by molar-refractivity contribution is -0.122. The summed E-state index contributed by atoms with van der Waals surface area (Å²) in [6, 6.07) is 19.1. The number of amides is 3. The summed E-state index contributed by atoms with van der Waals surface area (Å²) in [7, 11) is 4.48. The number of ether oxygens (including phenoxy) is 3. The van der Waals surface area contributed by atoms with Gasteiger partial charge in [0, 0.05) is 42.4 Å². The minimum absolute atomic E-state index is 0.0771. The van der Waals surface area contributed by atoms with Gasteiger partial charge in [-0.1, -0.05) is 24.3 Å². The maximum absolute atomic E-state index is 13.1. The maximum Gasteiger partial charge on any atom is 0.255 e. The van der Waals surface area contributed by atoms with Gasteiger partial charge in [0.05, 0.1) is 38.6 Å². The molecule has 9 heteroatoms. The van der Waals surface area contributed by atoms with Crippen LogP contribution in [0.15, 0.2) is 66.7 Å². The van der Waals surface area contributed by atoms with Gasteiger partial charge in [-0.05, 0) is 24.3 Å². The van der Waals surface area contributed by atoms with Crippen molar-refractivity contribution < 1.29 is 28.6 Å². The minimum atomic E-state index is -0.558. The highest BCUT2D eigenvalue weighted by Crippen LogP contribution is 2.37. The van der Waals surface area contributed by atoms with E-state index in [0.29, 0.717) is 39.9 Å².